The highest BCUT2D eigenvalue weighted by molar-refractivity contribution is 7.86. The Hall–Kier alpha value is -1.07. The Morgan fingerprint density at radius 2 is 2.13 bits per heavy atom. The minimum atomic E-state index is -3.42. The fraction of sp³-hybridized carbons (Fsp3) is 0.400. The molecule has 0 N–H and O–H groups in total. The zero-order valence-electron chi connectivity index (χ0n) is 8.34. The van der Waals surface area contributed by atoms with Gasteiger partial charge >= 0.3 is 0 Å². The van der Waals surface area contributed by atoms with Gasteiger partial charge in [-0.05, 0) is 6.07 Å². The summed E-state index contributed by atoms with van der Waals surface area (Å²) < 4.78 is 32.5. The van der Waals surface area contributed by atoms with Gasteiger partial charge in [0.1, 0.15) is 11.9 Å². The Bertz CT molecular complexity index is 452. The first-order valence-corrected chi connectivity index (χ1v) is 6.48. The second-order valence-corrected chi connectivity index (χ2v) is 5.06. The average molecular weight is 228 g/mol. The summed E-state index contributed by atoms with van der Waals surface area (Å²) in [6.45, 7) is 0.483. The molecule has 4 nitrogen and oxygen atoms in total. The number of hydrogen-bond acceptors (Lipinski definition) is 4. The van der Waals surface area contributed by atoms with E-state index in [0.29, 0.717) is 18.8 Å². The van der Waals surface area contributed by atoms with Gasteiger partial charge in [-0.3, -0.25) is 4.18 Å². The minimum absolute atomic E-state index is 0.412. The van der Waals surface area contributed by atoms with Crippen molar-refractivity contribution in [3.63, 3.8) is 0 Å². The highest BCUT2D eigenvalue weighted by atomic mass is 32.2. The summed E-state index contributed by atoms with van der Waals surface area (Å²) in [4.78, 5) is 0. The SMILES string of the molecule is CS(=O)(=O)OC1CCOc2ccccc21. The standard InChI is InChI=1S/C10H12O4S/c1-15(11,12)14-10-6-7-13-9-5-3-2-4-8(9)10/h2-5,10H,6-7H2,1H3. The van der Waals surface area contributed by atoms with Gasteiger partial charge in [-0.1, -0.05) is 18.2 Å². The van der Waals surface area contributed by atoms with E-state index < -0.39 is 16.2 Å². The lowest BCUT2D eigenvalue weighted by atomic mass is 10.0. The first-order chi connectivity index (χ1) is 7.06. The lowest BCUT2D eigenvalue weighted by molar-refractivity contribution is 0.143. The van der Waals surface area contributed by atoms with E-state index in [9.17, 15) is 8.42 Å². The topological polar surface area (TPSA) is 52.6 Å². The Balaban J connectivity index is 2.30. The average Bonchev–Trinajstić information content (AvgIpc) is 2.16. The van der Waals surface area contributed by atoms with Crippen LogP contribution in [0.25, 0.3) is 0 Å². The normalized spacial score (nSPS) is 20.5. The number of rotatable bonds is 2. The third-order valence-corrected chi connectivity index (χ3v) is 2.78. The van der Waals surface area contributed by atoms with Crippen molar-refractivity contribution in [2.75, 3.05) is 12.9 Å². The van der Waals surface area contributed by atoms with Gasteiger partial charge in [0.15, 0.2) is 0 Å². The largest absolute Gasteiger partial charge is 0.493 e. The monoisotopic (exact) mass is 228 g/mol. The molecule has 1 aliphatic rings. The smallest absolute Gasteiger partial charge is 0.264 e. The van der Waals surface area contributed by atoms with Gasteiger partial charge < -0.3 is 4.74 Å². The molecular weight excluding hydrogens is 216 g/mol. The van der Waals surface area contributed by atoms with Crippen LogP contribution in [0, 0.1) is 0 Å². The van der Waals surface area contributed by atoms with Gasteiger partial charge in [-0.15, -0.1) is 0 Å². The van der Waals surface area contributed by atoms with Gasteiger partial charge in [0.2, 0.25) is 0 Å². The molecule has 0 aliphatic carbocycles. The van der Waals surface area contributed by atoms with Crippen LogP contribution >= 0.6 is 0 Å². The molecule has 0 fully saturated rings. The fourth-order valence-corrected chi connectivity index (χ4v) is 2.24. The molecule has 0 saturated heterocycles. The number of hydrogen-bond donors (Lipinski definition) is 0. The van der Waals surface area contributed by atoms with E-state index in [0.717, 1.165) is 11.8 Å². The predicted molar refractivity (Wildman–Crippen MR) is 55.2 cm³/mol. The molecule has 2 rings (SSSR count). The molecule has 15 heavy (non-hydrogen) atoms. The third-order valence-electron chi connectivity index (χ3n) is 2.19. The third kappa shape index (κ3) is 2.49. The molecule has 0 aromatic heterocycles. The molecule has 0 spiro atoms. The van der Waals surface area contributed by atoms with E-state index in [1.807, 2.05) is 24.3 Å². The Labute approximate surface area is 88.9 Å². The van der Waals surface area contributed by atoms with Crippen LogP contribution in [0.5, 0.6) is 5.75 Å². The summed E-state index contributed by atoms with van der Waals surface area (Å²) in [5.41, 5.74) is 0.800. The summed E-state index contributed by atoms with van der Waals surface area (Å²) in [6, 6.07) is 7.32. The van der Waals surface area contributed by atoms with Crippen molar-refractivity contribution in [3.8, 4) is 5.75 Å². The maximum absolute atomic E-state index is 11.0. The van der Waals surface area contributed by atoms with E-state index in [-0.39, 0.29) is 0 Å². The van der Waals surface area contributed by atoms with Gasteiger partial charge in [0, 0.05) is 12.0 Å². The highest BCUT2D eigenvalue weighted by Gasteiger charge is 2.24. The molecule has 0 saturated carbocycles. The zero-order valence-corrected chi connectivity index (χ0v) is 9.16. The van der Waals surface area contributed by atoms with Crippen LogP contribution < -0.4 is 4.74 Å². The zero-order chi connectivity index (χ0) is 10.9. The van der Waals surface area contributed by atoms with Crippen molar-refractivity contribution >= 4 is 10.1 Å². The highest BCUT2D eigenvalue weighted by Crippen LogP contribution is 2.34. The molecule has 82 valence electrons. The van der Waals surface area contributed by atoms with E-state index >= 15 is 0 Å². The maximum Gasteiger partial charge on any atom is 0.264 e. The Kier molecular flexibility index (Phi) is 2.67. The summed E-state index contributed by atoms with van der Waals surface area (Å²) in [5, 5.41) is 0. The molecule has 1 aromatic carbocycles. The number of benzene rings is 1. The minimum Gasteiger partial charge on any atom is -0.493 e. The Morgan fingerprint density at radius 3 is 2.87 bits per heavy atom. The van der Waals surface area contributed by atoms with Crippen molar-refractivity contribution in [3.05, 3.63) is 29.8 Å². The molecule has 1 unspecified atom stereocenters. The molecule has 0 bridgehead atoms. The number of ether oxygens (including phenoxy) is 1. The van der Waals surface area contributed by atoms with E-state index in [1.54, 1.807) is 0 Å². The molecule has 1 atom stereocenters. The Morgan fingerprint density at radius 1 is 1.40 bits per heavy atom. The fourth-order valence-electron chi connectivity index (χ4n) is 1.62. The van der Waals surface area contributed by atoms with E-state index in [1.165, 1.54) is 0 Å². The van der Waals surface area contributed by atoms with Crippen molar-refractivity contribution in [2.24, 2.45) is 0 Å². The number of para-hydroxylation sites is 1. The van der Waals surface area contributed by atoms with Crippen molar-refractivity contribution < 1.29 is 17.3 Å². The first kappa shape index (κ1) is 10.4. The summed E-state index contributed by atoms with van der Waals surface area (Å²) in [6.07, 6.45) is 1.21. The lowest BCUT2D eigenvalue weighted by Crippen LogP contribution is -2.18. The predicted octanol–water partition coefficient (Wildman–Crippen LogP) is 1.49. The van der Waals surface area contributed by atoms with Gasteiger partial charge in [-0.25, -0.2) is 0 Å². The van der Waals surface area contributed by atoms with Crippen molar-refractivity contribution in [1.82, 2.24) is 0 Å². The quantitative estimate of drug-likeness (QED) is 0.719. The summed E-state index contributed by atoms with van der Waals surface area (Å²) >= 11 is 0. The lowest BCUT2D eigenvalue weighted by Gasteiger charge is -2.24. The summed E-state index contributed by atoms with van der Waals surface area (Å²) in [7, 11) is -3.42. The van der Waals surface area contributed by atoms with Gasteiger partial charge in [0.05, 0.1) is 12.9 Å². The molecule has 1 aliphatic heterocycles. The molecule has 1 aromatic rings. The molecule has 0 amide bonds. The van der Waals surface area contributed by atoms with Crippen LogP contribution in [-0.2, 0) is 14.3 Å². The molecule has 1 heterocycles. The molecule has 5 heteroatoms. The van der Waals surface area contributed by atoms with Gasteiger partial charge in [-0.2, -0.15) is 8.42 Å². The summed E-state index contributed by atoms with van der Waals surface area (Å²) in [5.74, 6) is 0.706. The van der Waals surface area contributed by atoms with Gasteiger partial charge in [0.25, 0.3) is 10.1 Å². The van der Waals surface area contributed by atoms with E-state index in [4.69, 9.17) is 8.92 Å². The number of fused-ring (bicyclic) bond motifs is 1. The van der Waals surface area contributed by atoms with Crippen molar-refractivity contribution in [1.29, 1.82) is 0 Å². The molecule has 0 radical (unpaired) electrons. The van der Waals surface area contributed by atoms with Crippen LogP contribution in [-0.4, -0.2) is 21.3 Å². The van der Waals surface area contributed by atoms with Crippen LogP contribution in [0.3, 0.4) is 0 Å². The maximum atomic E-state index is 11.0. The molecular formula is C10H12O4S. The second kappa shape index (κ2) is 3.83. The van der Waals surface area contributed by atoms with Crippen molar-refractivity contribution in [2.45, 2.75) is 12.5 Å². The second-order valence-electron chi connectivity index (χ2n) is 3.46. The van der Waals surface area contributed by atoms with Crippen LogP contribution in [0.4, 0.5) is 0 Å². The first-order valence-electron chi connectivity index (χ1n) is 4.66. The van der Waals surface area contributed by atoms with Crippen LogP contribution in [0.1, 0.15) is 18.1 Å². The van der Waals surface area contributed by atoms with Crippen LogP contribution in [0.15, 0.2) is 24.3 Å². The van der Waals surface area contributed by atoms with E-state index in [2.05, 4.69) is 0 Å². The van der Waals surface area contributed by atoms with Crippen LogP contribution in [0.2, 0.25) is 0 Å².